The van der Waals surface area contributed by atoms with Gasteiger partial charge in [-0.2, -0.15) is 0 Å². The highest BCUT2D eigenvalue weighted by molar-refractivity contribution is 6.11. The molecule has 3 rings (SSSR count). The van der Waals surface area contributed by atoms with Crippen LogP contribution in [-0.2, 0) is 0 Å². The number of rotatable bonds is 2. The normalized spacial score (nSPS) is 10.8. The number of phenolic OH excluding ortho intramolecular Hbond substituents is 1. The number of carbonyl (C=O) groups excluding carboxylic acids is 1. The van der Waals surface area contributed by atoms with Crippen LogP contribution in [0.15, 0.2) is 51.9 Å². The number of phenols is 1. The van der Waals surface area contributed by atoms with Crippen molar-refractivity contribution < 1.29 is 14.3 Å². The molecule has 1 heterocycles. The molecule has 0 amide bonds. The van der Waals surface area contributed by atoms with Crippen molar-refractivity contribution in [1.29, 1.82) is 0 Å². The topological polar surface area (TPSA) is 67.5 Å². The van der Waals surface area contributed by atoms with Crippen LogP contribution in [0.4, 0.5) is 0 Å². The van der Waals surface area contributed by atoms with Crippen molar-refractivity contribution in [3.05, 3.63) is 75.1 Å². The highest BCUT2D eigenvalue weighted by Crippen LogP contribution is 2.22. The zero-order valence-electron chi connectivity index (χ0n) is 12.2. The quantitative estimate of drug-likeness (QED) is 0.736. The molecule has 0 atom stereocenters. The minimum Gasteiger partial charge on any atom is -0.507 e. The van der Waals surface area contributed by atoms with Crippen LogP contribution in [0.3, 0.4) is 0 Å². The summed E-state index contributed by atoms with van der Waals surface area (Å²) in [6, 6.07) is 9.74. The molecule has 4 heteroatoms. The lowest BCUT2D eigenvalue weighted by atomic mass is 10.0. The predicted octanol–water partition coefficient (Wildman–Crippen LogP) is 3.35. The maximum atomic E-state index is 12.6. The SMILES string of the molecule is Cc1cc(C)c2occ(C(=O)c3ccccc3O)c(=O)c2c1. The first-order valence-electron chi connectivity index (χ1n) is 6.84. The molecule has 0 saturated heterocycles. The van der Waals surface area contributed by atoms with Crippen molar-refractivity contribution >= 4 is 16.8 Å². The molecule has 4 nitrogen and oxygen atoms in total. The second-order valence-corrected chi connectivity index (χ2v) is 5.28. The van der Waals surface area contributed by atoms with Crippen LogP contribution in [0.25, 0.3) is 11.0 Å². The van der Waals surface area contributed by atoms with Crippen molar-refractivity contribution in [1.82, 2.24) is 0 Å². The zero-order valence-corrected chi connectivity index (χ0v) is 12.2. The fourth-order valence-electron chi connectivity index (χ4n) is 2.56. The van der Waals surface area contributed by atoms with Gasteiger partial charge < -0.3 is 9.52 Å². The van der Waals surface area contributed by atoms with Gasteiger partial charge in [-0.05, 0) is 43.2 Å². The Labute approximate surface area is 126 Å². The Morgan fingerprint density at radius 2 is 1.82 bits per heavy atom. The molecule has 0 aliphatic rings. The monoisotopic (exact) mass is 294 g/mol. The summed E-state index contributed by atoms with van der Waals surface area (Å²) in [6.45, 7) is 3.73. The first kappa shape index (κ1) is 14.1. The third-order valence-electron chi connectivity index (χ3n) is 3.60. The third-order valence-corrected chi connectivity index (χ3v) is 3.60. The summed E-state index contributed by atoms with van der Waals surface area (Å²) >= 11 is 0. The van der Waals surface area contributed by atoms with Crippen LogP contribution in [0, 0.1) is 13.8 Å². The average molecular weight is 294 g/mol. The Morgan fingerprint density at radius 1 is 1.09 bits per heavy atom. The Kier molecular flexibility index (Phi) is 3.29. The van der Waals surface area contributed by atoms with E-state index in [0.717, 1.165) is 11.1 Å². The highest BCUT2D eigenvalue weighted by atomic mass is 16.3. The van der Waals surface area contributed by atoms with Gasteiger partial charge in [0.15, 0.2) is 0 Å². The molecule has 0 aliphatic heterocycles. The minimum absolute atomic E-state index is 0.0820. The minimum atomic E-state index is -0.548. The van der Waals surface area contributed by atoms with Gasteiger partial charge in [0, 0.05) is 0 Å². The first-order chi connectivity index (χ1) is 10.5. The van der Waals surface area contributed by atoms with Crippen LogP contribution in [0.2, 0.25) is 0 Å². The van der Waals surface area contributed by atoms with Gasteiger partial charge in [-0.25, -0.2) is 0 Å². The van der Waals surface area contributed by atoms with Crippen molar-refractivity contribution in [2.75, 3.05) is 0 Å². The van der Waals surface area contributed by atoms with Crippen LogP contribution < -0.4 is 5.43 Å². The van der Waals surface area contributed by atoms with E-state index in [2.05, 4.69) is 0 Å². The Hall–Kier alpha value is -2.88. The maximum Gasteiger partial charge on any atom is 0.203 e. The van der Waals surface area contributed by atoms with Crippen LogP contribution >= 0.6 is 0 Å². The molecule has 0 unspecified atom stereocenters. The smallest absolute Gasteiger partial charge is 0.203 e. The number of fused-ring (bicyclic) bond motifs is 1. The van der Waals surface area contributed by atoms with Crippen LogP contribution in [0.5, 0.6) is 5.75 Å². The van der Waals surface area contributed by atoms with Crippen molar-refractivity contribution in [3.8, 4) is 5.75 Å². The molecule has 2 aromatic carbocycles. The number of para-hydroxylation sites is 1. The largest absolute Gasteiger partial charge is 0.507 e. The summed E-state index contributed by atoms with van der Waals surface area (Å²) < 4.78 is 5.49. The lowest BCUT2D eigenvalue weighted by Gasteiger charge is -2.06. The first-order valence-corrected chi connectivity index (χ1v) is 6.84. The molecule has 0 bridgehead atoms. The number of benzene rings is 2. The molecule has 22 heavy (non-hydrogen) atoms. The molecule has 0 fully saturated rings. The second kappa shape index (κ2) is 5.15. The van der Waals surface area contributed by atoms with Gasteiger partial charge in [0.1, 0.15) is 23.2 Å². The second-order valence-electron chi connectivity index (χ2n) is 5.28. The standard InChI is InChI=1S/C18H14O4/c1-10-7-11(2)18-13(8-10)17(21)14(9-22-18)16(20)12-5-3-4-6-15(12)19/h3-9,19H,1-2H3. The Bertz CT molecular complexity index is 951. The Balaban J connectivity index is 2.25. The molecule has 0 saturated carbocycles. The molecule has 3 aromatic rings. The molecule has 0 aliphatic carbocycles. The van der Waals surface area contributed by atoms with Crippen molar-refractivity contribution in [2.45, 2.75) is 13.8 Å². The number of aryl methyl sites for hydroxylation is 2. The molecular weight excluding hydrogens is 280 g/mol. The average Bonchev–Trinajstić information content (AvgIpc) is 2.48. The van der Waals surface area contributed by atoms with Crippen LogP contribution in [0.1, 0.15) is 27.0 Å². The lowest BCUT2D eigenvalue weighted by Crippen LogP contribution is -2.16. The maximum absolute atomic E-state index is 12.6. The van der Waals surface area contributed by atoms with E-state index in [1.807, 2.05) is 19.9 Å². The summed E-state index contributed by atoms with van der Waals surface area (Å²) in [5.74, 6) is -0.708. The van der Waals surface area contributed by atoms with Gasteiger partial charge in [0.2, 0.25) is 11.2 Å². The van der Waals surface area contributed by atoms with Gasteiger partial charge in [-0.15, -0.1) is 0 Å². The van der Waals surface area contributed by atoms with Gasteiger partial charge in [0.05, 0.1) is 10.9 Å². The number of hydrogen-bond acceptors (Lipinski definition) is 4. The highest BCUT2D eigenvalue weighted by Gasteiger charge is 2.19. The van der Waals surface area contributed by atoms with Gasteiger partial charge >= 0.3 is 0 Å². The van der Waals surface area contributed by atoms with Gasteiger partial charge in [-0.1, -0.05) is 18.2 Å². The van der Waals surface area contributed by atoms with E-state index >= 15 is 0 Å². The van der Waals surface area contributed by atoms with E-state index in [1.165, 1.54) is 18.4 Å². The number of carbonyl (C=O) groups is 1. The zero-order chi connectivity index (χ0) is 15.9. The van der Waals surface area contributed by atoms with Crippen molar-refractivity contribution in [2.24, 2.45) is 0 Å². The number of hydrogen-bond donors (Lipinski definition) is 1. The Morgan fingerprint density at radius 3 is 2.55 bits per heavy atom. The van der Waals surface area contributed by atoms with Gasteiger partial charge in [0.25, 0.3) is 0 Å². The fraction of sp³-hybridized carbons (Fsp3) is 0.111. The van der Waals surface area contributed by atoms with E-state index in [-0.39, 0.29) is 22.3 Å². The molecule has 1 aromatic heterocycles. The van der Waals surface area contributed by atoms with E-state index in [0.29, 0.717) is 11.0 Å². The van der Waals surface area contributed by atoms with E-state index in [4.69, 9.17) is 4.42 Å². The molecule has 1 N–H and O–H groups in total. The summed E-state index contributed by atoms with van der Waals surface area (Å²) in [5, 5.41) is 10.2. The lowest BCUT2D eigenvalue weighted by molar-refractivity contribution is 0.103. The molecule has 0 radical (unpaired) electrons. The summed E-state index contributed by atoms with van der Waals surface area (Å²) in [6.07, 6.45) is 1.17. The molecule has 0 spiro atoms. The summed E-state index contributed by atoms with van der Waals surface area (Å²) in [7, 11) is 0. The van der Waals surface area contributed by atoms with Crippen molar-refractivity contribution in [3.63, 3.8) is 0 Å². The van der Waals surface area contributed by atoms with E-state index < -0.39 is 5.78 Å². The van der Waals surface area contributed by atoms with E-state index in [9.17, 15) is 14.7 Å². The van der Waals surface area contributed by atoms with Gasteiger partial charge in [-0.3, -0.25) is 9.59 Å². The molecular formula is C18H14O4. The number of ketones is 1. The molecule has 110 valence electrons. The van der Waals surface area contributed by atoms with Crippen LogP contribution in [-0.4, -0.2) is 10.9 Å². The summed E-state index contributed by atoms with van der Waals surface area (Å²) in [4.78, 5) is 25.1. The summed E-state index contributed by atoms with van der Waals surface area (Å²) in [5.41, 5.74) is 1.85. The third kappa shape index (κ3) is 2.19. The van der Waals surface area contributed by atoms with E-state index in [1.54, 1.807) is 18.2 Å². The predicted molar refractivity (Wildman–Crippen MR) is 83.5 cm³/mol. The fourth-order valence-corrected chi connectivity index (χ4v) is 2.56. The number of aromatic hydroxyl groups is 1.